The number of carboxylic acid groups (broad SMARTS) is 1. The molecule has 2 N–H and O–H groups in total. The molecule has 0 aromatic carbocycles. The average molecular weight is 295 g/mol. The van der Waals surface area contributed by atoms with E-state index in [2.05, 4.69) is 26.1 Å². The van der Waals surface area contributed by atoms with Gasteiger partial charge in [-0.2, -0.15) is 0 Å². The number of nitrogens with one attached hydrogen (secondary N) is 1. The summed E-state index contributed by atoms with van der Waals surface area (Å²) in [6.07, 6.45) is 4.22. The van der Waals surface area contributed by atoms with E-state index < -0.39 is 5.97 Å². The van der Waals surface area contributed by atoms with Gasteiger partial charge in [0.1, 0.15) is 12.2 Å². The van der Waals surface area contributed by atoms with Crippen LogP contribution in [-0.2, 0) is 11.2 Å². The van der Waals surface area contributed by atoms with Crippen LogP contribution in [0.15, 0.2) is 10.7 Å². The van der Waals surface area contributed by atoms with Gasteiger partial charge < -0.3 is 14.8 Å². The number of rotatable bonds is 7. The highest BCUT2D eigenvalue weighted by atomic mass is 16.4. The normalized spacial score (nSPS) is 11.4. The van der Waals surface area contributed by atoms with E-state index in [0.717, 1.165) is 19.3 Å². The van der Waals surface area contributed by atoms with Crippen LogP contribution in [0.4, 0.5) is 0 Å². The topological polar surface area (TPSA) is 79.5 Å². The van der Waals surface area contributed by atoms with Crippen LogP contribution in [0.2, 0.25) is 0 Å². The summed E-state index contributed by atoms with van der Waals surface area (Å²) < 4.78 is 5.16. The molecule has 21 heavy (non-hydrogen) atoms. The molecule has 5 nitrogen and oxygen atoms in total. The number of carbonyl (C=O) groups excluding carboxylic acids is 1. The van der Waals surface area contributed by atoms with Gasteiger partial charge in [0.15, 0.2) is 0 Å². The summed E-state index contributed by atoms with van der Waals surface area (Å²) in [6, 6.07) is 0. The highest BCUT2D eigenvalue weighted by Gasteiger charge is 2.20. The molecule has 1 amide bonds. The number of unbranched alkanes of at least 4 members (excludes halogenated alkanes) is 1. The lowest BCUT2D eigenvalue weighted by atomic mass is 9.90. The van der Waals surface area contributed by atoms with Crippen molar-refractivity contribution < 1.29 is 19.1 Å². The van der Waals surface area contributed by atoms with Crippen LogP contribution in [-0.4, -0.2) is 23.5 Å². The van der Waals surface area contributed by atoms with Gasteiger partial charge in [0.25, 0.3) is 5.91 Å². The smallest absolute Gasteiger partial charge is 0.311 e. The van der Waals surface area contributed by atoms with Crippen LogP contribution in [0.3, 0.4) is 0 Å². The molecular weight excluding hydrogens is 270 g/mol. The fourth-order valence-electron chi connectivity index (χ4n) is 2.14. The Morgan fingerprint density at radius 2 is 1.95 bits per heavy atom. The number of hydrogen-bond donors (Lipinski definition) is 2. The number of aryl methyl sites for hydroxylation is 1. The third-order valence-corrected chi connectivity index (χ3v) is 3.23. The van der Waals surface area contributed by atoms with Crippen LogP contribution in [0.1, 0.15) is 61.7 Å². The number of carboxylic acids is 1. The summed E-state index contributed by atoms with van der Waals surface area (Å²) in [5.41, 5.74) is 1.33. The Hall–Kier alpha value is -1.78. The van der Waals surface area contributed by atoms with Gasteiger partial charge in [0.05, 0.1) is 11.8 Å². The summed E-state index contributed by atoms with van der Waals surface area (Å²) >= 11 is 0. The first-order valence-corrected chi connectivity index (χ1v) is 7.27. The minimum absolute atomic E-state index is 0.215. The van der Waals surface area contributed by atoms with Gasteiger partial charge in [-0.1, -0.05) is 27.2 Å². The zero-order chi connectivity index (χ0) is 16.0. The standard InChI is InChI=1S/C16H25NO4/c1-11-10-21-12(9-13(18)19)14(11)15(20)17-8-6-5-7-16(2,3)4/h10H,5-9H2,1-4H3,(H,17,20)(H,18,19). The quantitative estimate of drug-likeness (QED) is 0.757. The second-order valence-electron chi connectivity index (χ2n) is 6.56. The van der Waals surface area contributed by atoms with Gasteiger partial charge in [-0.25, -0.2) is 0 Å². The molecule has 0 aliphatic heterocycles. The number of carbonyl (C=O) groups is 2. The third-order valence-electron chi connectivity index (χ3n) is 3.23. The number of amides is 1. The first kappa shape index (κ1) is 17.3. The molecule has 5 heteroatoms. The fourth-order valence-corrected chi connectivity index (χ4v) is 2.14. The highest BCUT2D eigenvalue weighted by molar-refractivity contribution is 5.97. The second kappa shape index (κ2) is 7.29. The largest absolute Gasteiger partial charge is 0.481 e. The molecular formula is C16H25NO4. The Kier molecular flexibility index (Phi) is 6.00. The Balaban J connectivity index is 2.49. The van der Waals surface area contributed by atoms with Crippen molar-refractivity contribution in [2.45, 2.75) is 53.4 Å². The van der Waals surface area contributed by atoms with Crippen molar-refractivity contribution in [3.8, 4) is 0 Å². The molecule has 0 fully saturated rings. The number of furan rings is 1. The minimum atomic E-state index is -1.01. The minimum Gasteiger partial charge on any atom is -0.481 e. The van der Waals surface area contributed by atoms with E-state index in [4.69, 9.17) is 9.52 Å². The summed E-state index contributed by atoms with van der Waals surface area (Å²) in [7, 11) is 0. The van der Waals surface area contributed by atoms with Crippen molar-refractivity contribution in [1.29, 1.82) is 0 Å². The zero-order valence-corrected chi connectivity index (χ0v) is 13.3. The SMILES string of the molecule is Cc1coc(CC(=O)O)c1C(=O)NCCCCC(C)(C)C. The molecule has 0 spiro atoms. The zero-order valence-electron chi connectivity index (χ0n) is 13.3. The van der Waals surface area contributed by atoms with E-state index in [1.54, 1.807) is 6.92 Å². The predicted molar refractivity (Wildman–Crippen MR) is 80.4 cm³/mol. The van der Waals surface area contributed by atoms with Crippen molar-refractivity contribution in [2.75, 3.05) is 6.54 Å². The summed E-state index contributed by atoms with van der Waals surface area (Å²) in [6.45, 7) is 8.91. The molecule has 0 bridgehead atoms. The summed E-state index contributed by atoms with van der Waals surface area (Å²) in [4.78, 5) is 22.9. The van der Waals surface area contributed by atoms with E-state index in [1.807, 2.05) is 0 Å². The molecule has 118 valence electrons. The molecule has 1 aromatic rings. The first-order valence-electron chi connectivity index (χ1n) is 7.27. The van der Waals surface area contributed by atoms with Crippen molar-refractivity contribution in [3.63, 3.8) is 0 Å². The monoisotopic (exact) mass is 295 g/mol. The Bertz CT molecular complexity index is 497. The van der Waals surface area contributed by atoms with Crippen molar-refractivity contribution in [1.82, 2.24) is 5.32 Å². The molecule has 0 unspecified atom stereocenters. The second-order valence-corrected chi connectivity index (χ2v) is 6.56. The number of aliphatic carboxylic acids is 1. The summed E-state index contributed by atoms with van der Waals surface area (Å²) in [5.74, 6) is -1.05. The van der Waals surface area contributed by atoms with Crippen LogP contribution in [0.5, 0.6) is 0 Å². The van der Waals surface area contributed by atoms with Gasteiger partial charge in [-0.05, 0) is 25.2 Å². The van der Waals surface area contributed by atoms with Crippen molar-refractivity contribution in [2.24, 2.45) is 5.41 Å². The van der Waals surface area contributed by atoms with E-state index in [0.29, 0.717) is 23.1 Å². The van der Waals surface area contributed by atoms with Crippen LogP contribution >= 0.6 is 0 Å². The maximum Gasteiger partial charge on any atom is 0.311 e. The maximum atomic E-state index is 12.1. The Morgan fingerprint density at radius 1 is 1.29 bits per heavy atom. The van der Waals surface area contributed by atoms with Gasteiger partial charge in [-0.3, -0.25) is 9.59 Å². The average Bonchev–Trinajstić information content (AvgIpc) is 2.67. The van der Waals surface area contributed by atoms with Crippen LogP contribution < -0.4 is 5.32 Å². The molecule has 1 heterocycles. The highest BCUT2D eigenvalue weighted by Crippen LogP contribution is 2.21. The van der Waals surface area contributed by atoms with Gasteiger partial charge in [0, 0.05) is 12.1 Å². The van der Waals surface area contributed by atoms with E-state index in [9.17, 15) is 9.59 Å². The van der Waals surface area contributed by atoms with Crippen molar-refractivity contribution in [3.05, 3.63) is 23.2 Å². The van der Waals surface area contributed by atoms with Crippen LogP contribution in [0.25, 0.3) is 0 Å². The molecule has 1 rings (SSSR count). The lowest BCUT2D eigenvalue weighted by Gasteiger charge is -2.17. The van der Waals surface area contributed by atoms with E-state index >= 15 is 0 Å². The van der Waals surface area contributed by atoms with Gasteiger partial charge in [0.2, 0.25) is 0 Å². The Labute approximate surface area is 125 Å². The first-order chi connectivity index (χ1) is 9.70. The molecule has 0 saturated carbocycles. The lowest BCUT2D eigenvalue weighted by Crippen LogP contribution is -2.26. The molecule has 0 radical (unpaired) electrons. The van der Waals surface area contributed by atoms with Gasteiger partial charge in [-0.15, -0.1) is 0 Å². The molecule has 0 aliphatic rings. The maximum absolute atomic E-state index is 12.1. The van der Waals surface area contributed by atoms with Crippen molar-refractivity contribution >= 4 is 11.9 Å². The predicted octanol–water partition coefficient (Wildman–Crippen LogP) is 3.16. The van der Waals surface area contributed by atoms with Gasteiger partial charge >= 0.3 is 5.97 Å². The molecule has 0 aliphatic carbocycles. The third kappa shape index (κ3) is 6.02. The number of hydrogen-bond acceptors (Lipinski definition) is 3. The fraction of sp³-hybridized carbons (Fsp3) is 0.625. The Morgan fingerprint density at radius 3 is 2.52 bits per heavy atom. The molecule has 0 atom stereocenters. The lowest BCUT2D eigenvalue weighted by molar-refractivity contribution is -0.136. The van der Waals surface area contributed by atoms with E-state index in [-0.39, 0.29) is 18.1 Å². The van der Waals surface area contributed by atoms with E-state index in [1.165, 1.54) is 6.26 Å². The summed E-state index contributed by atoms with van der Waals surface area (Å²) in [5, 5.41) is 11.6. The van der Waals surface area contributed by atoms with Crippen LogP contribution in [0, 0.1) is 12.3 Å². The molecule has 0 saturated heterocycles. The molecule has 1 aromatic heterocycles.